The maximum atomic E-state index is 12.8. The Morgan fingerprint density at radius 1 is 1.57 bits per heavy atom. The summed E-state index contributed by atoms with van der Waals surface area (Å²) in [5.41, 5.74) is 6.74. The number of nitro groups is 1. The van der Waals surface area contributed by atoms with E-state index in [0.29, 0.717) is 24.0 Å². The highest BCUT2D eigenvalue weighted by Gasteiger charge is 2.28. The van der Waals surface area contributed by atoms with Gasteiger partial charge in [0.05, 0.1) is 10.4 Å². The van der Waals surface area contributed by atoms with Gasteiger partial charge in [-0.15, -0.1) is 0 Å². The summed E-state index contributed by atoms with van der Waals surface area (Å²) in [6.45, 7) is 3.21. The molecule has 1 aliphatic heterocycles. The fourth-order valence-corrected chi connectivity index (χ4v) is 3.05. The number of likely N-dealkylation sites (tertiary alicyclic amines) is 1. The number of fused-ring (bicyclic) bond motifs is 1. The first-order chi connectivity index (χ1) is 11.0. The molecular weight excluding hydrogens is 298 g/mol. The summed E-state index contributed by atoms with van der Waals surface area (Å²) in [6.07, 6.45) is 1.91. The molecule has 2 atom stereocenters. The van der Waals surface area contributed by atoms with E-state index in [-0.39, 0.29) is 29.2 Å². The van der Waals surface area contributed by atoms with Crippen LogP contribution in [-0.4, -0.2) is 45.1 Å². The Morgan fingerprint density at radius 2 is 2.35 bits per heavy atom. The fraction of sp³-hybridized carbons (Fsp3) is 0.467. The molecule has 1 aromatic heterocycles. The van der Waals surface area contributed by atoms with E-state index < -0.39 is 4.92 Å². The molecule has 2 aromatic rings. The zero-order valence-electron chi connectivity index (χ0n) is 12.9. The molecule has 1 amide bonds. The minimum absolute atomic E-state index is 0.0302. The van der Waals surface area contributed by atoms with Gasteiger partial charge in [-0.25, -0.2) is 0 Å². The number of non-ortho nitro benzene ring substituents is 1. The minimum atomic E-state index is -0.478. The van der Waals surface area contributed by atoms with Crippen molar-refractivity contribution in [2.45, 2.75) is 25.8 Å². The van der Waals surface area contributed by atoms with Crippen molar-refractivity contribution in [1.82, 2.24) is 15.1 Å². The zero-order valence-corrected chi connectivity index (χ0v) is 12.9. The van der Waals surface area contributed by atoms with Gasteiger partial charge in [0.25, 0.3) is 11.6 Å². The Hall–Kier alpha value is -2.48. The molecule has 1 aromatic carbocycles. The van der Waals surface area contributed by atoms with E-state index >= 15 is 0 Å². The van der Waals surface area contributed by atoms with Crippen LogP contribution in [0.5, 0.6) is 0 Å². The summed E-state index contributed by atoms with van der Waals surface area (Å²) in [4.78, 5) is 25.0. The third kappa shape index (κ3) is 2.89. The summed E-state index contributed by atoms with van der Waals surface area (Å²) in [5.74, 6) is 0.0642. The molecular formula is C15H19N5O3. The lowest BCUT2D eigenvalue weighted by atomic mass is 9.92. The average Bonchev–Trinajstić information content (AvgIpc) is 2.97. The number of aromatic nitrogens is 2. The van der Waals surface area contributed by atoms with Crippen molar-refractivity contribution in [1.29, 1.82) is 0 Å². The third-order valence-electron chi connectivity index (χ3n) is 4.45. The number of benzene rings is 1. The molecule has 2 heterocycles. The Kier molecular flexibility index (Phi) is 3.99. The van der Waals surface area contributed by atoms with Crippen LogP contribution >= 0.6 is 0 Å². The number of nitrogens with one attached hydrogen (secondary N) is 1. The van der Waals surface area contributed by atoms with Gasteiger partial charge in [-0.2, -0.15) is 5.10 Å². The van der Waals surface area contributed by atoms with E-state index in [0.717, 1.165) is 12.8 Å². The summed E-state index contributed by atoms with van der Waals surface area (Å²) >= 11 is 0. The smallest absolute Gasteiger partial charge is 0.275 e. The first-order valence-electron chi connectivity index (χ1n) is 7.64. The number of carbonyl (C=O) groups is 1. The Labute approximate surface area is 132 Å². The van der Waals surface area contributed by atoms with Crippen LogP contribution in [0.3, 0.4) is 0 Å². The summed E-state index contributed by atoms with van der Waals surface area (Å²) < 4.78 is 0. The molecule has 0 spiro atoms. The van der Waals surface area contributed by atoms with Crippen LogP contribution in [0.25, 0.3) is 10.9 Å². The molecule has 0 radical (unpaired) electrons. The number of hydrogen-bond acceptors (Lipinski definition) is 5. The Balaban J connectivity index is 1.91. The number of carbonyl (C=O) groups excluding carboxylic acids is 1. The molecule has 1 fully saturated rings. The quantitative estimate of drug-likeness (QED) is 0.659. The SMILES string of the molecule is CC(N)C1CCCN(C(=O)c2n[nH]c3ccc([N+](=O)[O-])cc23)C1. The molecule has 3 N–H and O–H groups in total. The van der Waals surface area contributed by atoms with Crippen molar-refractivity contribution in [2.75, 3.05) is 13.1 Å². The summed E-state index contributed by atoms with van der Waals surface area (Å²) in [5, 5.41) is 18.2. The normalized spacial score (nSPS) is 19.7. The van der Waals surface area contributed by atoms with Gasteiger partial charge in [0.15, 0.2) is 5.69 Å². The second-order valence-corrected chi connectivity index (χ2v) is 6.07. The molecule has 0 bridgehead atoms. The van der Waals surface area contributed by atoms with Gasteiger partial charge >= 0.3 is 0 Å². The van der Waals surface area contributed by atoms with E-state index in [9.17, 15) is 14.9 Å². The Bertz CT molecular complexity index is 755. The predicted octanol–water partition coefficient (Wildman–Crippen LogP) is 1.67. The lowest BCUT2D eigenvalue weighted by Gasteiger charge is -2.34. The molecule has 3 rings (SSSR count). The van der Waals surface area contributed by atoms with Crippen LogP contribution in [0.15, 0.2) is 18.2 Å². The number of piperidine rings is 1. The first-order valence-corrected chi connectivity index (χ1v) is 7.64. The fourth-order valence-electron chi connectivity index (χ4n) is 3.05. The zero-order chi connectivity index (χ0) is 16.6. The highest BCUT2D eigenvalue weighted by atomic mass is 16.6. The number of rotatable bonds is 3. The van der Waals surface area contributed by atoms with Crippen LogP contribution < -0.4 is 5.73 Å². The van der Waals surface area contributed by atoms with Gasteiger partial charge in [0, 0.05) is 36.7 Å². The Morgan fingerprint density at radius 3 is 3.04 bits per heavy atom. The standard InChI is InChI=1S/C15H19N5O3/c1-9(16)10-3-2-6-19(8-10)15(21)14-12-7-11(20(22)23)4-5-13(12)17-18-14/h4-5,7,9-10H,2-3,6,8,16H2,1H3,(H,17,18). The highest BCUT2D eigenvalue weighted by molar-refractivity contribution is 6.05. The molecule has 8 nitrogen and oxygen atoms in total. The van der Waals surface area contributed by atoms with Crippen molar-refractivity contribution < 1.29 is 9.72 Å². The number of hydrogen-bond donors (Lipinski definition) is 2. The first kappa shape index (κ1) is 15.4. The van der Waals surface area contributed by atoms with E-state index in [1.54, 1.807) is 11.0 Å². The van der Waals surface area contributed by atoms with Gasteiger partial charge in [-0.3, -0.25) is 20.0 Å². The highest BCUT2D eigenvalue weighted by Crippen LogP contribution is 2.25. The lowest BCUT2D eigenvalue weighted by Crippen LogP contribution is -2.45. The summed E-state index contributed by atoms with van der Waals surface area (Å²) in [7, 11) is 0. The van der Waals surface area contributed by atoms with Crippen LogP contribution in [0.1, 0.15) is 30.3 Å². The van der Waals surface area contributed by atoms with Crippen LogP contribution in [0, 0.1) is 16.0 Å². The van der Waals surface area contributed by atoms with E-state index in [1.807, 2.05) is 6.92 Å². The number of aromatic amines is 1. The van der Waals surface area contributed by atoms with E-state index in [1.165, 1.54) is 12.1 Å². The number of nitrogens with zero attached hydrogens (tertiary/aromatic N) is 3. The second kappa shape index (κ2) is 5.96. The average molecular weight is 317 g/mol. The van der Waals surface area contributed by atoms with Crippen molar-refractivity contribution in [3.05, 3.63) is 34.0 Å². The van der Waals surface area contributed by atoms with Crippen LogP contribution in [0.2, 0.25) is 0 Å². The topological polar surface area (TPSA) is 118 Å². The second-order valence-electron chi connectivity index (χ2n) is 6.07. The van der Waals surface area contributed by atoms with Crippen molar-refractivity contribution in [3.63, 3.8) is 0 Å². The largest absolute Gasteiger partial charge is 0.337 e. The van der Waals surface area contributed by atoms with Crippen molar-refractivity contribution >= 4 is 22.5 Å². The molecule has 1 aliphatic rings. The predicted molar refractivity (Wildman–Crippen MR) is 85.0 cm³/mol. The van der Waals surface area contributed by atoms with E-state index in [4.69, 9.17) is 5.73 Å². The lowest BCUT2D eigenvalue weighted by molar-refractivity contribution is -0.384. The monoisotopic (exact) mass is 317 g/mol. The van der Waals surface area contributed by atoms with Gasteiger partial charge in [0.2, 0.25) is 0 Å². The number of H-pyrrole nitrogens is 1. The molecule has 0 aliphatic carbocycles. The van der Waals surface area contributed by atoms with Gasteiger partial charge in [-0.05, 0) is 31.7 Å². The number of nitro benzene ring substituents is 1. The molecule has 8 heteroatoms. The maximum Gasteiger partial charge on any atom is 0.275 e. The van der Waals surface area contributed by atoms with Gasteiger partial charge in [-0.1, -0.05) is 0 Å². The molecule has 2 unspecified atom stereocenters. The third-order valence-corrected chi connectivity index (χ3v) is 4.45. The molecule has 1 saturated heterocycles. The maximum absolute atomic E-state index is 12.8. The van der Waals surface area contributed by atoms with Gasteiger partial charge < -0.3 is 10.6 Å². The summed E-state index contributed by atoms with van der Waals surface area (Å²) in [6, 6.07) is 4.38. The van der Waals surface area contributed by atoms with Crippen molar-refractivity contribution in [2.24, 2.45) is 11.7 Å². The number of amides is 1. The number of nitrogens with two attached hydrogens (primary N) is 1. The molecule has 0 saturated carbocycles. The van der Waals surface area contributed by atoms with Crippen LogP contribution in [0.4, 0.5) is 5.69 Å². The molecule has 122 valence electrons. The van der Waals surface area contributed by atoms with Crippen LogP contribution in [-0.2, 0) is 0 Å². The van der Waals surface area contributed by atoms with E-state index in [2.05, 4.69) is 10.2 Å². The van der Waals surface area contributed by atoms with Gasteiger partial charge in [0.1, 0.15) is 0 Å². The minimum Gasteiger partial charge on any atom is -0.337 e. The molecule has 23 heavy (non-hydrogen) atoms. The van der Waals surface area contributed by atoms with Crippen molar-refractivity contribution in [3.8, 4) is 0 Å².